The summed E-state index contributed by atoms with van der Waals surface area (Å²) in [5, 5.41) is 27.5. The predicted molar refractivity (Wildman–Crippen MR) is 88.7 cm³/mol. The maximum absolute atomic E-state index is 13.5. The number of hydrogen-bond donors (Lipinski definition) is 2. The molecule has 0 saturated heterocycles. The number of aromatic nitrogens is 2. The quantitative estimate of drug-likeness (QED) is 0.631. The molecule has 2 aromatic rings. The summed E-state index contributed by atoms with van der Waals surface area (Å²) < 4.78 is 15.0. The van der Waals surface area contributed by atoms with Crippen molar-refractivity contribution in [3.63, 3.8) is 0 Å². The molecule has 0 saturated carbocycles. The molecule has 1 aromatic carbocycles. The van der Waals surface area contributed by atoms with Crippen LogP contribution >= 0.6 is 12.4 Å². The number of carboxylic acids is 1. The molecule has 0 amide bonds. The number of aromatic carboxylic acids is 1. The van der Waals surface area contributed by atoms with Gasteiger partial charge in [0.15, 0.2) is 5.69 Å². The number of carboxylic acid groups (broad SMARTS) is 1. The molecule has 1 aliphatic heterocycles. The number of carbonyl (C=O) groups is 1. The van der Waals surface area contributed by atoms with Gasteiger partial charge in [0, 0.05) is 36.3 Å². The van der Waals surface area contributed by atoms with Crippen molar-refractivity contribution in [2.75, 3.05) is 6.54 Å². The molecular weight excluding hydrogens is 355 g/mol. The van der Waals surface area contributed by atoms with E-state index < -0.39 is 22.4 Å². The monoisotopic (exact) mass is 370 g/mol. The molecule has 10 heteroatoms. The number of nitrogens with zero attached hydrogens (tertiary/aromatic N) is 3. The van der Waals surface area contributed by atoms with Crippen LogP contribution < -0.4 is 5.32 Å². The molecule has 134 valence electrons. The van der Waals surface area contributed by atoms with Crippen molar-refractivity contribution in [1.82, 2.24) is 15.1 Å². The second kappa shape index (κ2) is 7.16. The van der Waals surface area contributed by atoms with Gasteiger partial charge in [0.2, 0.25) is 5.82 Å². The highest BCUT2D eigenvalue weighted by atomic mass is 35.5. The van der Waals surface area contributed by atoms with Crippen LogP contribution in [0.2, 0.25) is 0 Å². The molecule has 25 heavy (non-hydrogen) atoms. The molecule has 2 heterocycles. The van der Waals surface area contributed by atoms with E-state index in [2.05, 4.69) is 10.4 Å². The minimum absolute atomic E-state index is 0. The van der Waals surface area contributed by atoms with Gasteiger partial charge in [0.1, 0.15) is 0 Å². The molecule has 0 aliphatic carbocycles. The van der Waals surface area contributed by atoms with Crippen LogP contribution in [0.15, 0.2) is 18.2 Å². The third kappa shape index (κ3) is 3.47. The zero-order valence-corrected chi connectivity index (χ0v) is 14.0. The number of fused-ring (bicyclic) bond motifs is 1. The van der Waals surface area contributed by atoms with Gasteiger partial charge >= 0.3 is 11.7 Å². The van der Waals surface area contributed by atoms with Gasteiger partial charge in [-0.3, -0.25) is 14.8 Å². The number of nitro groups is 1. The Bertz CT molecular complexity index is 839. The van der Waals surface area contributed by atoms with Crippen LogP contribution in [0.3, 0.4) is 0 Å². The lowest BCUT2D eigenvalue weighted by molar-refractivity contribution is -0.387. The van der Waals surface area contributed by atoms with Crippen molar-refractivity contribution in [2.24, 2.45) is 0 Å². The first kappa shape index (κ1) is 18.8. The van der Waals surface area contributed by atoms with Gasteiger partial charge in [-0.2, -0.15) is 9.49 Å². The fraction of sp³-hybridized carbons (Fsp3) is 0.333. The summed E-state index contributed by atoms with van der Waals surface area (Å²) in [4.78, 5) is 21.5. The Kier molecular flexibility index (Phi) is 5.39. The van der Waals surface area contributed by atoms with E-state index in [4.69, 9.17) is 0 Å². The van der Waals surface area contributed by atoms with Gasteiger partial charge < -0.3 is 10.4 Å². The summed E-state index contributed by atoms with van der Waals surface area (Å²) in [5.41, 5.74) is 1.26. The first-order chi connectivity index (χ1) is 11.4. The van der Waals surface area contributed by atoms with Crippen LogP contribution in [-0.4, -0.2) is 32.3 Å². The Morgan fingerprint density at radius 3 is 2.92 bits per heavy atom. The topological polar surface area (TPSA) is 110 Å². The summed E-state index contributed by atoms with van der Waals surface area (Å²) in [6.45, 7) is 3.18. The van der Waals surface area contributed by atoms with E-state index >= 15 is 0 Å². The largest absolute Gasteiger partial charge is 0.476 e. The summed E-state index contributed by atoms with van der Waals surface area (Å²) in [5.74, 6) is -1.98. The Morgan fingerprint density at radius 2 is 2.28 bits per heavy atom. The second-order valence-corrected chi connectivity index (χ2v) is 5.75. The number of nitro benzene ring substituents is 1. The molecule has 1 atom stereocenters. The first-order valence-electron chi connectivity index (χ1n) is 7.35. The fourth-order valence-corrected chi connectivity index (χ4v) is 3.01. The van der Waals surface area contributed by atoms with Crippen molar-refractivity contribution in [2.45, 2.75) is 25.9 Å². The maximum Gasteiger partial charge on any atom is 0.356 e. The van der Waals surface area contributed by atoms with E-state index in [-0.39, 0.29) is 30.6 Å². The van der Waals surface area contributed by atoms with Crippen molar-refractivity contribution in [3.05, 3.63) is 56.6 Å². The second-order valence-electron chi connectivity index (χ2n) is 5.75. The average Bonchev–Trinajstić information content (AvgIpc) is 2.89. The lowest BCUT2D eigenvalue weighted by atomic mass is 9.97. The first-order valence-corrected chi connectivity index (χ1v) is 7.35. The summed E-state index contributed by atoms with van der Waals surface area (Å²) >= 11 is 0. The Labute approximate surface area is 148 Å². The van der Waals surface area contributed by atoms with Crippen LogP contribution in [0.5, 0.6) is 0 Å². The van der Waals surface area contributed by atoms with Crippen LogP contribution in [0, 0.1) is 15.9 Å². The van der Waals surface area contributed by atoms with Gasteiger partial charge in [-0.05, 0) is 11.6 Å². The molecule has 1 aromatic heterocycles. The lowest BCUT2D eigenvalue weighted by Gasteiger charge is -2.22. The Hall–Kier alpha value is -2.52. The lowest BCUT2D eigenvalue weighted by Crippen LogP contribution is -2.28. The van der Waals surface area contributed by atoms with Crippen molar-refractivity contribution >= 4 is 24.1 Å². The molecule has 1 unspecified atom stereocenters. The molecule has 0 spiro atoms. The van der Waals surface area contributed by atoms with Crippen LogP contribution in [0.4, 0.5) is 10.1 Å². The molecule has 0 bridgehead atoms. The van der Waals surface area contributed by atoms with Gasteiger partial charge in [0.05, 0.1) is 11.5 Å². The van der Waals surface area contributed by atoms with E-state index in [0.29, 0.717) is 24.2 Å². The maximum atomic E-state index is 13.5. The van der Waals surface area contributed by atoms with Crippen LogP contribution in [0.25, 0.3) is 0 Å². The number of benzene rings is 1. The average molecular weight is 371 g/mol. The SMILES string of the molecule is CC1CNCc2c(C(=O)O)nn(Cc3ccc(F)c([N+](=O)[O-])c3)c21.Cl. The highest BCUT2D eigenvalue weighted by molar-refractivity contribution is 5.87. The van der Waals surface area contributed by atoms with E-state index in [1.165, 1.54) is 6.07 Å². The Balaban J connectivity index is 0.00000225. The summed E-state index contributed by atoms with van der Waals surface area (Å²) in [7, 11) is 0. The van der Waals surface area contributed by atoms with Gasteiger partial charge in [-0.1, -0.05) is 13.0 Å². The van der Waals surface area contributed by atoms with Crippen molar-refractivity contribution in [1.29, 1.82) is 0 Å². The van der Waals surface area contributed by atoms with Crippen molar-refractivity contribution < 1.29 is 19.2 Å². The number of halogens is 2. The molecule has 1 aliphatic rings. The van der Waals surface area contributed by atoms with Gasteiger partial charge in [0.25, 0.3) is 0 Å². The van der Waals surface area contributed by atoms with E-state index in [1.807, 2.05) is 6.92 Å². The van der Waals surface area contributed by atoms with Gasteiger partial charge in [-0.25, -0.2) is 4.79 Å². The number of nitrogens with one attached hydrogen (secondary N) is 1. The minimum Gasteiger partial charge on any atom is -0.476 e. The zero-order valence-electron chi connectivity index (χ0n) is 13.2. The zero-order chi connectivity index (χ0) is 17.4. The standard InChI is InChI=1S/C15H15FN4O4.ClH/c1-8-5-17-6-10-13(15(21)22)18-19(14(8)10)7-9-2-3-11(16)12(4-9)20(23)24;/h2-4,8,17H,5-7H2,1H3,(H,21,22);1H. The van der Waals surface area contributed by atoms with E-state index in [1.54, 1.807) is 4.68 Å². The normalized spacial score (nSPS) is 16.0. The Morgan fingerprint density at radius 1 is 1.56 bits per heavy atom. The molecule has 8 nitrogen and oxygen atoms in total. The molecule has 2 N–H and O–H groups in total. The van der Waals surface area contributed by atoms with Crippen LogP contribution in [0.1, 0.15) is 40.2 Å². The summed E-state index contributed by atoms with van der Waals surface area (Å²) in [6.07, 6.45) is 0. The number of rotatable bonds is 4. The molecular formula is C15H16ClFN4O4. The fourth-order valence-electron chi connectivity index (χ4n) is 3.01. The molecule has 0 fully saturated rings. The van der Waals surface area contributed by atoms with Crippen LogP contribution in [-0.2, 0) is 13.1 Å². The smallest absolute Gasteiger partial charge is 0.356 e. The van der Waals surface area contributed by atoms with E-state index in [9.17, 15) is 24.4 Å². The van der Waals surface area contributed by atoms with Crippen molar-refractivity contribution in [3.8, 4) is 0 Å². The predicted octanol–water partition coefficient (Wildman–Crippen LogP) is 2.31. The third-order valence-corrected chi connectivity index (χ3v) is 4.06. The highest BCUT2D eigenvalue weighted by Crippen LogP contribution is 2.28. The molecule has 0 radical (unpaired) electrons. The number of hydrogen-bond acceptors (Lipinski definition) is 5. The summed E-state index contributed by atoms with van der Waals surface area (Å²) in [6, 6.07) is 3.62. The van der Waals surface area contributed by atoms with E-state index in [0.717, 1.165) is 17.8 Å². The minimum atomic E-state index is -1.12. The third-order valence-electron chi connectivity index (χ3n) is 4.06. The molecule has 3 rings (SSSR count). The van der Waals surface area contributed by atoms with Gasteiger partial charge in [-0.15, -0.1) is 12.4 Å². The highest BCUT2D eigenvalue weighted by Gasteiger charge is 2.28.